The third-order valence-electron chi connectivity index (χ3n) is 2.34. The maximum Gasteiger partial charge on any atom is 0.407 e. The van der Waals surface area contributed by atoms with Crippen molar-refractivity contribution >= 4 is 17.7 Å². The molecule has 0 radical (unpaired) electrons. The number of amides is 1. The normalized spacial score (nSPS) is 12.9. The van der Waals surface area contributed by atoms with Gasteiger partial charge in [0, 0.05) is 30.4 Å². The average molecular weight is 301 g/mol. The molecule has 0 saturated heterocycles. The first kappa shape index (κ1) is 16.7. The van der Waals surface area contributed by atoms with Crippen LogP contribution in [0.3, 0.4) is 0 Å². The Labute approximate surface area is 124 Å². The van der Waals surface area contributed by atoms with E-state index in [-0.39, 0.29) is 17.9 Å². The van der Waals surface area contributed by atoms with Gasteiger partial charge in [-0.05, 0) is 45.4 Å². The molecule has 3 N–H and O–H groups in total. The van der Waals surface area contributed by atoms with Gasteiger partial charge in [-0.25, -0.2) is 14.8 Å². The number of hydrogen-bond donors (Lipinski definition) is 2. The quantitative estimate of drug-likeness (QED) is 0.828. The van der Waals surface area contributed by atoms with Gasteiger partial charge in [0.15, 0.2) is 0 Å². The number of hydrogen-bond acceptors (Lipinski definition) is 5. The van der Waals surface area contributed by atoms with Crippen LogP contribution in [0, 0.1) is 6.92 Å². The number of carbonyl (C=O) groups is 1. The molecule has 0 fully saturated rings. The molecule has 1 aromatic rings. The number of nitrogens with zero attached hydrogens (tertiary/aromatic N) is 2. The predicted octanol–water partition coefficient (Wildman–Crippen LogP) is 1.83. The van der Waals surface area contributed by atoms with E-state index in [0.29, 0.717) is 6.42 Å². The molecule has 112 valence electrons. The molecule has 20 heavy (non-hydrogen) atoms. The van der Waals surface area contributed by atoms with Crippen LogP contribution in [-0.4, -0.2) is 34.2 Å². The summed E-state index contributed by atoms with van der Waals surface area (Å²) in [5.74, 6) is 0. The summed E-state index contributed by atoms with van der Waals surface area (Å²) < 4.78 is 5.19. The molecule has 0 saturated carbocycles. The molecule has 0 aliphatic heterocycles. The fraction of sp³-hybridized carbons (Fsp3) is 0.615. The predicted molar refractivity (Wildman–Crippen MR) is 77.7 cm³/mol. The zero-order valence-corrected chi connectivity index (χ0v) is 13.0. The van der Waals surface area contributed by atoms with Gasteiger partial charge in [-0.2, -0.15) is 0 Å². The number of alkyl carbamates (subject to hydrolysis) is 1. The summed E-state index contributed by atoms with van der Waals surface area (Å²) in [5, 5.41) is 2.91. The second kappa shape index (κ2) is 6.85. The van der Waals surface area contributed by atoms with Gasteiger partial charge >= 0.3 is 6.09 Å². The number of aromatic nitrogens is 2. The monoisotopic (exact) mass is 300 g/mol. The van der Waals surface area contributed by atoms with Crippen LogP contribution in [0.25, 0.3) is 0 Å². The Balaban J connectivity index is 2.65. The van der Waals surface area contributed by atoms with Crippen molar-refractivity contribution in [1.29, 1.82) is 0 Å². The van der Waals surface area contributed by atoms with Gasteiger partial charge in [-0.15, -0.1) is 0 Å². The standard InChI is InChI=1S/C13H21ClN4O2/c1-8-5-9(17-11(14)16-8)6-10(7-15)18-12(19)20-13(2,3)4/h5,10H,6-7,15H2,1-4H3,(H,18,19). The van der Waals surface area contributed by atoms with Crippen molar-refractivity contribution in [2.75, 3.05) is 6.54 Å². The lowest BCUT2D eigenvalue weighted by molar-refractivity contribution is 0.0506. The fourth-order valence-electron chi connectivity index (χ4n) is 1.62. The number of rotatable bonds is 4. The van der Waals surface area contributed by atoms with Crippen LogP contribution >= 0.6 is 11.6 Å². The summed E-state index contributed by atoms with van der Waals surface area (Å²) in [4.78, 5) is 19.8. The van der Waals surface area contributed by atoms with Gasteiger partial charge in [-0.1, -0.05) is 0 Å². The topological polar surface area (TPSA) is 90.1 Å². The van der Waals surface area contributed by atoms with Crippen molar-refractivity contribution in [2.45, 2.75) is 45.8 Å². The Morgan fingerprint density at radius 2 is 2.15 bits per heavy atom. The molecule has 1 unspecified atom stereocenters. The van der Waals surface area contributed by atoms with Crippen LogP contribution in [0.4, 0.5) is 4.79 Å². The van der Waals surface area contributed by atoms with Crippen molar-refractivity contribution in [3.05, 3.63) is 22.7 Å². The van der Waals surface area contributed by atoms with E-state index in [0.717, 1.165) is 11.4 Å². The lowest BCUT2D eigenvalue weighted by Gasteiger charge is -2.22. The first-order valence-electron chi connectivity index (χ1n) is 6.39. The van der Waals surface area contributed by atoms with Crippen LogP contribution in [0.2, 0.25) is 5.28 Å². The molecule has 1 amide bonds. The lowest BCUT2D eigenvalue weighted by atomic mass is 10.1. The van der Waals surface area contributed by atoms with Crippen LogP contribution in [0.5, 0.6) is 0 Å². The van der Waals surface area contributed by atoms with Crippen LogP contribution in [-0.2, 0) is 11.2 Å². The van der Waals surface area contributed by atoms with Gasteiger partial charge in [0.25, 0.3) is 0 Å². The second-order valence-corrected chi connectivity index (χ2v) is 5.89. The van der Waals surface area contributed by atoms with Gasteiger partial charge in [0.05, 0.1) is 0 Å². The molecule has 0 aliphatic rings. The third kappa shape index (κ3) is 6.16. The van der Waals surface area contributed by atoms with Crippen molar-refractivity contribution in [3.63, 3.8) is 0 Å². The van der Waals surface area contributed by atoms with E-state index in [1.807, 2.05) is 13.0 Å². The van der Waals surface area contributed by atoms with Crippen molar-refractivity contribution in [2.24, 2.45) is 5.73 Å². The summed E-state index contributed by atoms with van der Waals surface area (Å²) in [6.07, 6.45) is -0.0245. The largest absolute Gasteiger partial charge is 0.444 e. The van der Waals surface area contributed by atoms with E-state index >= 15 is 0 Å². The Kier molecular flexibility index (Phi) is 5.71. The smallest absolute Gasteiger partial charge is 0.407 e. The SMILES string of the molecule is Cc1cc(CC(CN)NC(=O)OC(C)(C)C)nc(Cl)n1. The first-order valence-corrected chi connectivity index (χ1v) is 6.77. The number of halogens is 1. The van der Waals surface area contributed by atoms with E-state index < -0.39 is 11.7 Å². The maximum atomic E-state index is 11.7. The number of ether oxygens (including phenoxy) is 1. The number of aryl methyl sites for hydroxylation is 1. The van der Waals surface area contributed by atoms with Crippen molar-refractivity contribution in [3.8, 4) is 0 Å². The average Bonchev–Trinajstić information content (AvgIpc) is 2.23. The fourth-order valence-corrected chi connectivity index (χ4v) is 1.86. The molecule has 0 aliphatic carbocycles. The molecular weight excluding hydrogens is 280 g/mol. The summed E-state index contributed by atoms with van der Waals surface area (Å²) in [5.41, 5.74) is 6.62. The highest BCUT2D eigenvalue weighted by atomic mass is 35.5. The molecule has 0 aromatic carbocycles. The molecule has 1 rings (SSSR count). The number of nitrogens with one attached hydrogen (secondary N) is 1. The highest BCUT2D eigenvalue weighted by Gasteiger charge is 2.19. The Morgan fingerprint density at radius 1 is 1.50 bits per heavy atom. The van der Waals surface area contributed by atoms with E-state index in [2.05, 4.69) is 15.3 Å². The Bertz CT molecular complexity index is 454. The van der Waals surface area contributed by atoms with E-state index in [9.17, 15) is 4.79 Å². The minimum Gasteiger partial charge on any atom is -0.444 e. The second-order valence-electron chi connectivity index (χ2n) is 5.55. The van der Waals surface area contributed by atoms with Crippen LogP contribution in [0.15, 0.2) is 6.07 Å². The van der Waals surface area contributed by atoms with E-state index in [4.69, 9.17) is 22.1 Å². The minimum absolute atomic E-state index is 0.188. The van der Waals surface area contributed by atoms with Crippen LogP contribution < -0.4 is 11.1 Å². The maximum absolute atomic E-state index is 11.7. The zero-order valence-electron chi connectivity index (χ0n) is 12.2. The summed E-state index contributed by atoms with van der Waals surface area (Å²) in [6, 6.07) is 1.54. The summed E-state index contributed by atoms with van der Waals surface area (Å²) >= 11 is 5.80. The van der Waals surface area contributed by atoms with E-state index in [1.54, 1.807) is 20.8 Å². The van der Waals surface area contributed by atoms with Crippen molar-refractivity contribution < 1.29 is 9.53 Å². The number of carbonyl (C=O) groups excluding carboxylic acids is 1. The first-order chi connectivity index (χ1) is 9.19. The molecule has 7 heteroatoms. The van der Waals surface area contributed by atoms with E-state index in [1.165, 1.54) is 0 Å². The van der Waals surface area contributed by atoms with Crippen molar-refractivity contribution in [1.82, 2.24) is 15.3 Å². The summed E-state index contributed by atoms with van der Waals surface area (Å²) in [6.45, 7) is 7.52. The van der Waals surface area contributed by atoms with Gasteiger partial charge in [0.2, 0.25) is 5.28 Å². The highest BCUT2D eigenvalue weighted by Crippen LogP contribution is 2.09. The number of nitrogens with two attached hydrogens (primary N) is 1. The molecule has 6 nitrogen and oxygen atoms in total. The molecular formula is C13H21ClN4O2. The van der Waals surface area contributed by atoms with Gasteiger partial charge in [-0.3, -0.25) is 0 Å². The van der Waals surface area contributed by atoms with Gasteiger partial charge < -0.3 is 15.8 Å². The summed E-state index contributed by atoms with van der Waals surface area (Å²) in [7, 11) is 0. The van der Waals surface area contributed by atoms with Crippen LogP contribution in [0.1, 0.15) is 32.2 Å². The van der Waals surface area contributed by atoms with Gasteiger partial charge in [0.1, 0.15) is 5.60 Å². The Hall–Kier alpha value is -1.40. The molecule has 0 spiro atoms. The lowest BCUT2D eigenvalue weighted by Crippen LogP contribution is -2.44. The molecule has 1 atom stereocenters. The minimum atomic E-state index is -0.544. The molecule has 1 aromatic heterocycles. The molecule has 1 heterocycles. The Morgan fingerprint density at radius 3 is 2.65 bits per heavy atom. The highest BCUT2D eigenvalue weighted by molar-refractivity contribution is 6.28. The molecule has 0 bridgehead atoms. The third-order valence-corrected chi connectivity index (χ3v) is 2.51. The zero-order chi connectivity index (χ0) is 15.3.